The Bertz CT molecular complexity index is 325. The highest BCUT2D eigenvalue weighted by Crippen LogP contribution is 2.11. The maximum atomic E-state index is 13.2. The van der Waals surface area contributed by atoms with Crippen molar-refractivity contribution in [2.24, 2.45) is 0 Å². The number of benzene rings is 1. The van der Waals surface area contributed by atoms with Crippen LogP contribution in [-0.2, 0) is 6.42 Å². The van der Waals surface area contributed by atoms with Gasteiger partial charge in [0.1, 0.15) is 5.82 Å². The summed E-state index contributed by atoms with van der Waals surface area (Å²) in [5.74, 6) is -0.129. The molecule has 0 saturated heterocycles. The summed E-state index contributed by atoms with van der Waals surface area (Å²) in [5, 5.41) is 3.57. The van der Waals surface area contributed by atoms with Crippen LogP contribution in [0.1, 0.15) is 51.5 Å². The van der Waals surface area contributed by atoms with Gasteiger partial charge in [0.25, 0.3) is 0 Å². The Balaban J connectivity index is 2.48. The van der Waals surface area contributed by atoms with Gasteiger partial charge in [-0.05, 0) is 43.5 Å². The third kappa shape index (κ3) is 6.15. The summed E-state index contributed by atoms with van der Waals surface area (Å²) in [6.45, 7) is 5.45. The number of rotatable bonds is 9. The molecule has 1 rings (SSSR count). The largest absolute Gasteiger partial charge is 0.314 e. The van der Waals surface area contributed by atoms with Gasteiger partial charge in [-0.1, -0.05) is 45.2 Å². The summed E-state index contributed by atoms with van der Waals surface area (Å²) in [6, 6.07) is 7.46. The van der Waals surface area contributed by atoms with Crippen molar-refractivity contribution in [2.45, 2.75) is 58.4 Å². The maximum absolute atomic E-state index is 13.2. The summed E-state index contributed by atoms with van der Waals surface area (Å²) in [7, 11) is 0. The van der Waals surface area contributed by atoms with E-state index in [1.54, 1.807) is 12.1 Å². The molecule has 1 aromatic carbocycles. The molecule has 0 radical (unpaired) electrons. The Labute approximate surface area is 111 Å². The van der Waals surface area contributed by atoms with E-state index in [0.717, 1.165) is 24.9 Å². The molecule has 0 aliphatic heterocycles. The van der Waals surface area contributed by atoms with E-state index in [0.29, 0.717) is 6.04 Å². The van der Waals surface area contributed by atoms with Crippen LogP contribution in [-0.4, -0.2) is 12.6 Å². The van der Waals surface area contributed by atoms with Gasteiger partial charge < -0.3 is 5.32 Å². The predicted octanol–water partition coefficient (Wildman–Crippen LogP) is 4.32. The fraction of sp³-hybridized carbons (Fsp3) is 0.625. The van der Waals surface area contributed by atoms with Crippen molar-refractivity contribution < 1.29 is 4.39 Å². The Morgan fingerprint density at radius 3 is 2.67 bits per heavy atom. The van der Waals surface area contributed by atoms with Crippen LogP contribution in [0.5, 0.6) is 0 Å². The minimum Gasteiger partial charge on any atom is -0.314 e. The fourth-order valence-electron chi connectivity index (χ4n) is 2.21. The zero-order valence-corrected chi connectivity index (χ0v) is 11.7. The molecule has 0 fully saturated rings. The molecule has 0 amide bonds. The van der Waals surface area contributed by atoms with Gasteiger partial charge in [-0.15, -0.1) is 0 Å². The number of halogens is 1. The van der Waals surface area contributed by atoms with Crippen LogP contribution in [0.15, 0.2) is 24.3 Å². The third-order valence-corrected chi connectivity index (χ3v) is 3.21. The second-order valence-electron chi connectivity index (χ2n) is 4.98. The van der Waals surface area contributed by atoms with E-state index in [1.807, 2.05) is 6.07 Å². The van der Waals surface area contributed by atoms with E-state index in [4.69, 9.17) is 0 Å². The molecule has 0 aliphatic rings. The molecular formula is C16H26FN. The average molecular weight is 251 g/mol. The highest BCUT2D eigenvalue weighted by molar-refractivity contribution is 5.17. The molecule has 0 spiro atoms. The van der Waals surface area contributed by atoms with Crippen LogP contribution in [0.25, 0.3) is 0 Å². The first-order valence-corrected chi connectivity index (χ1v) is 7.24. The van der Waals surface area contributed by atoms with Crippen LogP contribution in [0.2, 0.25) is 0 Å². The predicted molar refractivity (Wildman–Crippen MR) is 76.3 cm³/mol. The van der Waals surface area contributed by atoms with Crippen molar-refractivity contribution in [3.8, 4) is 0 Å². The molecule has 1 unspecified atom stereocenters. The molecule has 2 heteroatoms. The zero-order chi connectivity index (χ0) is 13.2. The molecule has 0 saturated carbocycles. The first kappa shape index (κ1) is 15.2. The quantitative estimate of drug-likeness (QED) is 0.645. The second-order valence-corrected chi connectivity index (χ2v) is 4.98. The van der Waals surface area contributed by atoms with E-state index < -0.39 is 0 Å². The molecule has 1 N–H and O–H groups in total. The smallest absolute Gasteiger partial charge is 0.123 e. The third-order valence-electron chi connectivity index (χ3n) is 3.21. The fourth-order valence-corrected chi connectivity index (χ4v) is 2.21. The average Bonchev–Trinajstić information content (AvgIpc) is 2.36. The van der Waals surface area contributed by atoms with Gasteiger partial charge in [0.15, 0.2) is 0 Å². The van der Waals surface area contributed by atoms with Gasteiger partial charge in [-0.25, -0.2) is 4.39 Å². The standard InChI is InChI=1S/C16H26FN/c1-3-5-6-10-16(18-11-4-2)13-14-8-7-9-15(17)12-14/h7-9,12,16,18H,3-6,10-11,13H2,1-2H3. The Morgan fingerprint density at radius 1 is 1.17 bits per heavy atom. The summed E-state index contributed by atoms with van der Waals surface area (Å²) in [6.07, 6.45) is 7.06. The first-order chi connectivity index (χ1) is 8.76. The van der Waals surface area contributed by atoms with E-state index >= 15 is 0 Å². The summed E-state index contributed by atoms with van der Waals surface area (Å²) < 4.78 is 13.2. The Hall–Kier alpha value is -0.890. The minimum absolute atomic E-state index is 0.129. The molecule has 0 aromatic heterocycles. The second kappa shape index (κ2) is 9.09. The lowest BCUT2D eigenvalue weighted by atomic mass is 10.00. The van der Waals surface area contributed by atoms with Crippen LogP contribution in [0.3, 0.4) is 0 Å². The van der Waals surface area contributed by atoms with Crippen molar-refractivity contribution >= 4 is 0 Å². The van der Waals surface area contributed by atoms with E-state index in [9.17, 15) is 4.39 Å². The molecule has 1 atom stereocenters. The summed E-state index contributed by atoms with van der Waals surface area (Å²) in [4.78, 5) is 0. The first-order valence-electron chi connectivity index (χ1n) is 7.24. The number of hydrogen-bond acceptors (Lipinski definition) is 1. The molecule has 0 heterocycles. The molecule has 102 valence electrons. The molecule has 1 nitrogen and oxygen atoms in total. The highest BCUT2D eigenvalue weighted by atomic mass is 19.1. The van der Waals surface area contributed by atoms with Crippen LogP contribution < -0.4 is 5.32 Å². The van der Waals surface area contributed by atoms with Crippen molar-refractivity contribution in [3.05, 3.63) is 35.6 Å². The SMILES string of the molecule is CCCCCC(Cc1cccc(F)c1)NCCC. The van der Waals surface area contributed by atoms with Gasteiger partial charge in [0.2, 0.25) is 0 Å². The highest BCUT2D eigenvalue weighted by Gasteiger charge is 2.08. The molecule has 0 aliphatic carbocycles. The summed E-state index contributed by atoms with van der Waals surface area (Å²) >= 11 is 0. The zero-order valence-electron chi connectivity index (χ0n) is 11.7. The number of nitrogens with one attached hydrogen (secondary N) is 1. The van der Waals surface area contributed by atoms with Gasteiger partial charge in [-0.2, -0.15) is 0 Å². The topological polar surface area (TPSA) is 12.0 Å². The van der Waals surface area contributed by atoms with E-state index in [1.165, 1.54) is 31.7 Å². The normalized spacial score (nSPS) is 12.6. The van der Waals surface area contributed by atoms with E-state index in [-0.39, 0.29) is 5.82 Å². The van der Waals surface area contributed by atoms with Crippen molar-refractivity contribution in [3.63, 3.8) is 0 Å². The minimum atomic E-state index is -0.129. The van der Waals surface area contributed by atoms with Crippen molar-refractivity contribution in [1.82, 2.24) is 5.32 Å². The van der Waals surface area contributed by atoms with Crippen molar-refractivity contribution in [2.75, 3.05) is 6.54 Å². The molecular weight excluding hydrogens is 225 g/mol. The van der Waals surface area contributed by atoms with Crippen LogP contribution in [0, 0.1) is 5.82 Å². The van der Waals surface area contributed by atoms with Gasteiger partial charge in [0, 0.05) is 6.04 Å². The van der Waals surface area contributed by atoms with E-state index in [2.05, 4.69) is 19.2 Å². The lowest BCUT2D eigenvalue weighted by Gasteiger charge is -2.18. The molecule has 18 heavy (non-hydrogen) atoms. The monoisotopic (exact) mass is 251 g/mol. The Morgan fingerprint density at radius 2 is 2.00 bits per heavy atom. The van der Waals surface area contributed by atoms with Gasteiger partial charge in [-0.3, -0.25) is 0 Å². The molecule has 1 aromatic rings. The van der Waals surface area contributed by atoms with Crippen LogP contribution in [0.4, 0.5) is 4.39 Å². The van der Waals surface area contributed by atoms with Crippen molar-refractivity contribution in [1.29, 1.82) is 0 Å². The van der Waals surface area contributed by atoms with Gasteiger partial charge in [0.05, 0.1) is 0 Å². The number of hydrogen-bond donors (Lipinski definition) is 1. The maximum Gasteiger partial charge on any atom is 0.123 e. The van der Waals surface area contributed by atoms with Crippen LogP contribution >= 0.6 is 0 Å². The number of unbranched alkanes of at least 4 members (excludes halogenated alkanes) is 2. The summed E-state index contributed by atoms with van der Waals surface area (Å²) in [5.41, 5.74) is 1.10. The molecule has 0 bridgehead atoms. The lowest BCUT2D eigenvalue weighted by molar-refractivity contribution is 0.455. The van der Waals surface area contributed by atoms with Gasteiger partial charge >= 0.3 is 0 Å². The Kier molecular flexibility index (Phi) is 7.66. The lowest BCUT2D eigenvalue weighted by Crippen LogP contribution is -2.31.